The van der Waals surface area contributed by atoms with Crippen LogP contribution >= 0.6 is 11.8 Å². The van der Waals surface area contributed by atoms with Crippen LogP contribution in [0.2, 0.25) is 0 Å². The third kappa shape index (κ3) is 3.15. The maximum absolute atomic E-state index is 12.9. The minimum atomic E-state index is 0.167. The molecule has 0 N–H and O–H groups in total. The summed E-state index contributed by atoms with van der Waals surface area (Å²) in [7, 11) is 0. The topological polar surface area (TPSA) is 41.4 Å². The van der Waals surface area contributed by atoms with E-state index in [9.17, 15) is 4.79 Å². The number of benzene rings is 1. The van der Waals surface area contributed by atoms with Crippen LogP contribution in [0.15, 0.2) is 40.3 Å². The molecule has 5 nitrogen and oxygen atoms in total. The molecule has 1 aromatic heterocycles. The van der Waals surface area contributed by atoms with Crippen LogP contribution in [0.3, 0.4) is 0 Å². The molecule has 0 bridgehead atoms. The SMILES string of the molecule is CCc1c(N2CCN(c3ccccc3)CC2)nc2n(c1=O)CCCS2. The number of para-hydroxylation sites is 1. The predicted molar refractivity (Wildman–Crippen MR) is 104 cm³/mol. The second kappa shape index (κ2) is 7.12. The van der Waals surface area contributed by atoms with Crippen molar-refractivity contribution in [2.45, 2.75) is 31.5 Å². The summed E-state index contributed by atoms with van der Waals surface area (Å²) < 4.78 is 1.87. The van der Waals surface area contributed by atoms with E-state index in [0.29, 0.717) is 0 Å². The van der Waals surface area contributed by atoms with Crippen LogP contribution in [0.5, 0.6) is 0 Å². The van der Waals surface area contributed by atoms with Gasteiger partial charge in [-0.3, -0.25) is 9.36 Å². The molecule has 0 saturated carbocycles. The lowest BCUT2D eigenvalue weighted by Crippen LogP contribution is -2.48. The summed E-state index contributed by atoms with van der Waals surface area (Å²) >= 11 is 1.71. The highest BCUT2D eigenvalue weighted by atomic mass is 32.2. The maximum Gasteiger partial charge on any atom is 0.259 e. The van der Waals surface area contributed by atoms with Crippen molar-refractivity contribution in [1.82, 2.24) is 9.55 Å². The molecule has 4 rings (SSSR count). The first-order valence-electron chi connectivity index (χ1n) is 9.09. The number of thioether (sulfide) groups is 1. The highest BCUT2D eigenvalue weighted by Crippen LogP contribution is 2.27. The molecule has 2 aromatic rings. The molecule has 0 unspecified atom stereocenters. The van der Waals surface area contributed by atoms with Crippen molar-refractivity contribution >= 4 is 23.3 Å². The maximum atomic E-state index is 12.9. The largest absolute Gasteiger partial charge is 0.368 e. The van der Waals surface area contributed by atoms with E-state index < -0.39 is 0 Å². The first-order valence-corrected chi connectivity index (χ1v) is 10.1. The minimum Gasteiger partial charge on any atom is -0.368 e. The number of piperazine rings is 1. The quantitative estimate of drug-likeness (QED) is 0.791. The first kappa shape index (κ1) is 16.5. The van der Waals surface area contributed by atoms with Crippen LogP contribution in [-0.4, -0.2) is 41.5 Å². The minimum absolute atomic E-state index is 0.167. The summed E-state index contributed by atoms with van der Waals surface area (Å²) in [5.74, 6) is 1.97. The van der Waals surface area contributed by atoms with Crippen molar-refractivity contribution in [3.63, 3.8) is 0 Å². The highest BCUT2D eigenvalue weighted by molar-refractivity contribution is 7.99. The molecule has 0 aliphatic carbocycles. The number of hydrogen-bond donors (Lipinski definition) is 0. The Morgan fingerprint density at radius 3 is 2.48 bits per heavy atom. The van der Waals surface area contributed by atoms with E-state index in [1.807, 2.05) is 4.57 Å². The third-order valence-corrected chi connectivity index (χ3v) is 6.08. The third-order valence-electron chi connectivity index (χ3n) is 5.02. The van der Waals surface area contributed by atoms with Crippen LogP contribution in [0.1, 0.15) is 18.9 Å². The van der Waals surface area contributed by atoms with Gasteiger partial charge in [0.2, 0.25) is 0 Å². The van der Waals surface area contributed by atoms with Gasteiger partial charge in [-0.05, 0) is 25.0 Å². The van der Waals surface area contributed by atoms with Crippen molar-refractivity contribution in [1.29, 1.82) is 0 Å². The lowest BCUT2D eigenvalue weighted by Gasteiger charge is -2.37. The summed E-state index contributed by atoms with van der Waals surface area (Å²) in [6.07, 6.45) is 1.79. The molecular weight excluding hydrogens is 332 g/mol. The number of hydrogen-bond acceptors (Lipinski definition) is 5. The lowest BCUT2D eigenvalue weighted by molar-refractivity contribution is 0.549. The van der Waals surface area contributed by atoms with Gasteiger partial charge >= 0.3 is 0 Å². The van der Waals surface area contributed by atoms with E-state index in [1.165, 1.54) is 5.69 Å². The van der Waals surface area contributed by atoms with E-state index in [1.54, 1.807) is 11.8 Å². The van der Waals surface area contributed by atoms with E-state index in [-0.39, 0.29) is 5.56 Å². The standard InChI is InChI=1S/C19H24N4OS/c1-2-16-17(20-19-23(18(16)24)9-6-14-25-19)22-12-10-21(11-13-22)15-7-4-3-5-8-15/h3-5,7-8H,2,6,9-14H2,1H3. The Kier molecular flexibility index (Phi) is 4.70. The highest BCUT2D eigenvalue weighted by Gasteiger charge is 2.25. The first-order chi connectivity index (χ1) is 12.3. The summed E-state index contributed by atoms with van der Waals surface area (Å²) in [5.41, 5.74) is 2.31. The van der Waals surface area contributed by atoms with Crippen molar-refractivity contribution in [3.8, 4) is 0 Å². The van der Waals surface area contributed by atoms with E-state index >= 15 is 0 Å². The zero-order valence-electron chi connectivity index (χ0n) is 14.6. The smallest absolute Gasteiger partial charge is 0.259 e. The van der Waals surface area contributed by atoms with E-state index in [4.69, 9.17) is 4.98 Å². The normalized spacial score (nSPS) is 17.5. The zero-order chi connectivity index (χ0) is 17.2. The van der Waals surface area contributed by atoms with E-state index in [0.717, 1.165) is 67.9 Å². The molecule has 1 fully saturated rings. The monoisotopic (exact) mass is 356 g/mol. The second-order valence-electron chi connectivity index (χ2n) is 6.52. The molecule has 132 valence electrons. The van der Waals surface area contributed by atoms with Gasteiger partial charge in [0.15, 0.2) is 5.16 Å². The van der Waals surface area contributed by atoms with Gasteiger partial charge < -0.3 is 9.80 Å². The second-order valence-corrected chi connectivity index (χ2v) is 7.58. The van der Waals surface area contributed by atoms with Crippen LogP contribution in [0, 0.1) is 0 Å². The summed E-state index contributed by atoms with van der Waals surface area (Å²) in [6, 6.07) is 10.5. The Hall–Kier alpha value is -1.95. The molecule has 3 heterocycles. The molecule has 1 aromatic carbocycles. The van der Waals surface area contributed by atoms with Crippen LogP contribution in [-0.2, 0) is 13.0 Å². The van der Waals surface area contributed by atoms with Gasteiger partial charge in [0, 0.05) is 44.2 Å². The van der Waals surface area contributed by atoms with Crippen LogP contribution in [0.4, 0.5) is 11.5 Å². The molecule has 0 atom stereocenters. The number of fused-ring (bicyclic) bond motifs is 1. The van der Waals surface area contributed by atoms with Gasteiger partial charge in [-0.2, -0.15) is 0 Å². The van der Waals surface area contributed by atoms with Crippen LogP contribution < -0.4 is 15.4 Å². The lowest BCUT2D eigenvalue weighted by atomic mass is 10.2. The van der Waals surface area contributed by atoms with E-state index in [2.05, 4.69) is 47.1 Å². The fraction of sp³-hybridized carbons (Fsp3) is 0.474. The molecule has 25 heavy (non-hydrogen) atoms. The zero-order valence-corrected chi connectivity index (χ0v) is 15.5. The van der Waals surface area contributed by atoms with Gasteiger partial charge in [-0.25, -0.2) is 4.98 Å². The Labute approximate surface area is 152 Å². The molecular formula is C19H24N4OS. The van der Waals surface area contributed by atoms with Gasteiger partial charge in [0.1, 0.15) is 5.82 Å². The Morgan fingerprint density at radius 2 is 1.76 bits per heavy atom. The van der Waals surface area contributed by atoms with Gasteiger partial charge in [0.05, 0.1) is 5.56 Å². The van der Waals surface area contributed by atoms with Crippen molar-refractivity contribution in [2.24, 2.45) is 0 Å². The molecule has 2 aliphatic rings. The molecule has 2 aliphatic heterocycles. The van der Waals surface area contributed by atoms with Crippen LogP contribution in [0.25, 0.3) is 0 Å². The van der Waals surface area contributed by atoms with Gasteiger partial charge in [0.25, 0.3) is 5.56 Å². The van der Waals surface area contributed by atoms with Gasteiger partial charge in [-0.1, -0.05) is 36.9 Å². The Morgan fingerprint density at radius 1 is 1.04 bits per heavy atom. The molecule has 6 heteroatoms. The molecule has 0 amide bonds. The number of aromatic nitrogens is 2. The summed E-state index contributed by atoms with van der Waals surface area (Å²) in [5, 5.41) is 0.897. The van der Waals surface area contributed by atoms with Crippen molar-refractivity contribution in [2.75, 3.05) is 41.7 Å². The number of anilines is 2. The fourth-order valence-electron chi connectivity index (χ4n) is 3.64. The molecule has 1 saturated heterocycles. The number of nitrogens with zero attached hydrogens (tertiary/aromatic N) is 4. The molecule has 0 spiro atoms. The van der Waals surface area contributed by atoms with Crippen molar-refractivity contribution < 1.29 is 0 Å². The average Bonchev–Trinajstić information content (AvgIpc) is 2.69. The summed E-state index contributed by atoms with van der Waals surface area (Å²) in [6.45, 7) is 6.60. The van der Waals surface area contributed by atoms with Gasteiger partial charge in [-0.15, -0.1) is 0 Å². The fourth-order valence-corrected chi connectivity index (χ4v) is 4.58. The Bertz CT molecular complexity index is 797. The predicted octanol–water partition coefficient (Wildman–Crippen LogP) is 2.63. The summed E-state index contributed by atoms with van der Waals surface area (Å²) in [4.78, 5) is 22.5. The molecule has 0 radical (unpaired) electrons. The Balaban J connectivity index is 1.59. The van der Waals surface area contributed by atoms with Crippen molar-refractivity contribution in [3.05, 3.63) is 46.2 Å². The average molecular weight is 356 g/mol. The number of rotatable bonds is 3.